The molecule has 0 aliphatic rings. The third kappa shape index (κ3) is 2.38. The van der Waals surface area contributed by atoms with Crippen LogP contribution in [0.4, 0.5) is 18.9 Å². The average molecular weight is 204 g/mol. The summed E-state index contributed by atoms with van der Waals surface area (Å²) in [6, 6.07) is 2.25. The van der Waals surface area contributed by atoms with Crippen LogP contribution in [0.25, 0.3) is 0 Å². The molecule has 0 bridgehead atoms. The molecule has 14 heavy (non-hydrogen) atoms. The summed E-state index contributed by atoms with van der Waals surface area (Å²) >= 11 is 0. The molecule has 0 amide bonds. The van der Waals surface area contributed by atoms with E-state index in [1.807, 2.05) is 0 Å². The summed E-state index contributed by atoms with van der Waals surface area (Å²) in [5, 5.41) is 0. The number of nitrogens with two attached hydrogens (primary N) is 2. The average Bonchev–Trinajstić information content (AvgIpc) is 1.99. The van der Waals surface area contributed by atoms with E-state index >= 15 is 0 Å². The molecule has 1 atom stereocenters. The number of hydrogen-bond donors (Lipinski definition) is 2. The Bertz CT molecular complexity index is 313. The Morgan fingerprint density at radius 1 is 1.21 bits per heavy atom. The Labute approximate surface area is 79.7 Å². The summed E-state index contributed by atoms with van der Waals surface area (Å²) in [6.45, 7) is 1.67. The van der Waals surface area contributed by atoms with Crippen LogP contribution in [-0.4, -0.2) is 6.18 Å². The molecule has 0 aliphatic carbocycles. The number of rotatable bonds is 1. The Hall–Kier alpha value is -1.23. The smallest absolute Gasteiger partial charge is 0.399 e. The lowest BCUT2D eigenvalue weighted by molar-refractivity contribution is -0.149. The van der Waals surface area contributed by atoms with Crippen LogP contribution in [0, 0.1) is 6.92 Å². The number of nitrogen functional groups attached to an aromatic ring is 1. The van der Waals surface area contributed by atoms with Crippen LogP contribution in [0.1, 0.15) is 17.2 Å². The van der Waals surface area contributed by atoms with Gasteiger partial charge in [0, 0.05) is 5.69 Å². The van der Waals surface area contributed by atoms with E-state index in [0.29, 0.717) is 11.3 Å². The van der Waals surface area contributed by atoms with Gasteiger partial charge in [0.1, 0.15) is 6.04 Å². The molecule has 4 N–H and O–H groups in total. The van der Waals surface area contributed by atoms with Gasteiger partial charge in [0.05, 0.1) is 0 Å². The minimum atomic E-state index is -4.43. The van der Waals surface area contributed by atoms with Gasteiger partial charge in [-0.05, 0) is 30.2 Å². The van der Waals surface area contributed by atoms with E-state index in [-0.39, 0.29) is 5.56 Å². The molecule has 0 spiro atoms. The maximum absolute atomic E-state index is 12.2. The van der Waals surface area contributed by atoms with Crippen LogP contribution in [0.2, 0.25) is 0 Å². The zero-order chi connectivity index (χ0) is 10.9. The molecule has 1 rings (SSSR count). The van der Waals surface area contributed by atoms with Crippen LogP contribution in [0.5, 0.6) is 0 Å². The summed E-state index contributed by atoms with van der Waals surface area (Å²) in [5.41, 5.74) is 11.4. The summed E-state index contributed by atoms with van der Waals surface area (Å²) in [6.07, 6.45) is -4.43. The Morgan fingerprint density at radius 3 is 2.21 bits per heavy atom. The standard InChI is InChI=1S/C9H11F3N2/c1-5-2-6(4-7(13)3-5)8(14)9(10,11)12/h2-4,8H,13-14H2,1H3/t8-/m1/s1. The van der Waals surface area contributed by atoms with Crippen molar-refractivity contribution in [2.24, 2.45) is 5.73 Å². The van der Waals surface area contributed by atoms with Gasteiger partial charge >= 0.3 is 6.18 Å². The van der Waals surface area contributed by atoms with Crippen LogP contribution in [0.15, 0.2) is 18.2 Å². The lowest BCUT2D eigenvalue weighted by atomic mass is 10.0. The topological polar surface area (TPSA) is 52.0 Å². The highest BCUT2D eigenvalue weighted by molar-refractivity contribution is 5.45. The number of aryl methyl sites for hydroxylation is 1. The zero-order valence-corrected chi connectivity index (χ0v) is 7.60. The number of alkyl halides is 3. The van der Waals surface area contributed by atoms with E-state index in [9.17, 15) is 13.2 Å². The molecule has 0 heterocycles. The van der Waals surface area contributed by atoms with Crippen molar-refractivity contribution in [3.63, 3.8) is 0 Å². The van der Waals surface area contributed by atoms with Gasteiger partial charge in [-0.3, -0.25) is 0 Å². The van der Waals surface area contributed by atoms with Gasteiger partial charge in [-0.15, -0.1) is 0 Å². The molecule has 0 unspecified atom stereocenters. The van der Waals surface area contributed by atoms with E-state index in [0.717, 1.165) is 0 Å². The Balaban J connectivity index is 3.07. The molecule has 1 aromatic rings. The SMILES string of the molecule is Cc1cc(N)cc([C@@H](N)C(F)(F)F)c1. The first kappa shape index (κ1) is 10.8. The van der Waals surface area contributed by atoms with E-state index in [4.69, 9.17) is 11.5 Å². The number of anilines is 1. The lowest BCUT2D eigenvalue weighted by Gasteiger charge is -2.16. The highest BCUT2D eigenvalue weighted by Gasteiger charge is 2.37. The molecule has 0 saturated heterocycles. The molecular formula is C9H11F3N2. The largest absolute Gasteiger partial charge is 0.407 e. The fraction of sp³-hybridized carbons (Fsp3) is 0.333. The van der Waals surface area contributed by atoms with E-state index < -0.39 is 12.2 Å². The minimum Gasteiger partial charge on any atom is -0.399 e. The third-order valence-electron chi connectivity index (χ3n) is 1.83. The Morgan fingerprint density at radius 2 is 1.79 bits per heavy atom. The fourth-order valence-electron chi connectivity index (χ4n) is 1.21. The van der Waals surface area contributed by atoms with Crippen LogP contribution >= 0.6 is 0 Å². The number of halogens is 3. The molecule has 0 radical (unpaired) electrons. The van der Waals surface area contributed by atoms with Crippen LogP contribution < -0.4 is 11.5 Å². The van der Waals surface area contributed by atoms with Crippen LogP contribution in [0.3, 0.4) is 0 Å². The molecule has 1 aromatic carbocycles. The first-order valence-corrected chi connectivity index (χ1v) is 4.00. The predicted octanol–water partition coefficient (Wildman–Crippen LogP) is 2.14. The molecule has 2 nitrogen and oxygen atoms in total. The van der Waals surface area contributed by atoms with Gasteiger partial charge in [-0.1, -0.05) is 6.07 Å². The monoisotopic (exact) mass is 204 g/mol. The molecule has 0 saturated carbocycles. The molecule has 0 fully saturated rings. The van der Waals surface area contributed by atoms with Crippen molar-refractivity contribution in [3.05, 3.63) is 29.3 Å². The van der Waals surface area contributed by atoms with E-state index in [1.165, 1.54) is 12.1 Å². The highest BCUT2D eigenvalue weighted by Crippen LogP contribution is 2.31. The van der Waals surface area contributed by atoms with E-state index in [1.54, 1.807) is 13.0 Å². The van der Waals surface area contributed by atoms with Crippen molar-refractivity contribution < 1.29 is 13.2 Å². The molecule has 78 valence electrons. The van der Waals surface area contributed by atoms with Gasteiger partial charge in [-0.25, -0.2) is 0 Å². The van der Waals surface area contributed by atoms with Crippen molar-refractivity contribution in [2.75, 3.05) is 5.73 Å². The predicted molar refractivity (Wildman–Crippen MR) is 48.6 cm³/mol. The lowest BCUT2D eigenvalue weighted by Crippen LogP contribution is -2.28. The fourth-order valence-corrected chi connectivity index (χ4v) is 1.21. The summed E-state index contributed by atoms with van der Waals surface area (Å²) in [5.74, 6) is 0. The van der Waals surface area contributed by atoms with Gasteiger partial charge < -0.3 is 11.5 Å². The second kappa shape index (κ2) is 3.49. The summed E-state index contributed by atoms with van der Waals surface area (Å²) < 4.78 is 36.7. The summed E-state index contributed by atoms with van der Waals surface area (Å²) in [7, 11) is 0. The second-order valence-electron chi connectivity index (χ2n) is 3.20. The maximum Gasteiger partial charge on any atom is 0.407 e. The first-order valence-electron chi connectivity index (χ1n) is 4.00. The second-order valence-corrected chi connectivity index (χ2v) is 3.20. The van der Waals surface area contributed by atoms with Crippen molar-refractivity contribution in [2.45, 2.75) is 19.1 Å². The number of hydrogen-bond acceptors (Lipinski definition) is 2. The van der Waals surface area contributed by atoms with Crippen molar-refractivity contribution >= 4 is 5.69 Å². The summed E-state index contributed by atoms with van der Waals surface area (Å²) in [4.78, 5) is 0. The van der Waals surface area contributed by atoms with Gasteiger partial charge in [0.15, 0.2) is 0 Å². The maximum atomic E-state index is 12.2. The van der Waals surface area contributed by atoms with Gasteiger partial charge in [-0.2, -0.15) is 13.2 Å². The van der Waals surface area contributed by atoms with Crippen LogP contribution in [-0.2, 0) is 0 Å². The minimum absolute atomic E-state index is 0.00463. The molecule has 0 aromatic heterocycles. The normalized spacial score (nSPS) is 14.1. The molecule has 0 aliphatic heterocycles. The van der Waals surface area contributed by atoms with Gasteiger partial charge in [0.25, 0.3) is 0 Å². The molecule has 5 heteroatoms. The highest BCUT2D eigenvalue weighted by atomic mass is 19.4. The van der Waals surface area contributed by atoms with Crippen molar-refractivity contribution in [3.8, 4) is 0 Å². The van der Waals surface area contributed by atoms with E-state index in [2.05, 4.69) is 0 Å². The molecular weight excluding hydrogens is 193 g/mol. The Kier molecular flexibility index (Phi) is 2.71. The number of benzene rings is 1. The third-order valence-corrected chi connectivity index (χ3v) is 1.83. The van der Waals surface area contributed by atoms with Crippen molar-refractivity contribution in [1.82, 2.24) is 0 Å². The quantitative estimate of drug-likeness (QED) is 0.688. The van der Waals surface area contributed by atoms with Gasteiger partial charge in [0.2, 0.25) is 0 Å². The zero-order valence-electron chi connectivity index (χ0n) is 7.60. The van der Waals surface area contributed by atoms with Crippen molar-refractivity contribution in [1.29, 1.82) is 0 Å². The first-order chi connectivity index (χ1) is 6.30.